The highest BCUT2D eigenvalue weighted by atomic mass is 16.1. The zero-order valence-corrected chi connectivity index (χ0v) is 11.5. The molecule has 3 saturated carbocycles. The smallest absolute Gasteiger partial charge is 0.123 e. The van der Waals surface area contributed by atoms with Gasteiger partial charge in [0.25, 0.3) is 0 Å². The quantitative estimate of drug-likeness (QED) is 0.625. The Morgan fingerprint density at radius 2 is 1.94 bits per heavy atom. The van der Waals surface area contributed by atoms with E-state index in [1.165, 1.54) is 44.8 Å². The van der Waals surface area contributed by atoms with Gasteiger partial charge < -0.3 is 4.79 Å². The molecule has 0 aromatic heterocycles. The summed E-state index contributed by atoms with van der Waals surface area (Å²) in [4.78, 5) is 11.5. The molecule has 3 rings (SSSR count). The van der Waals surface area contributed by atoms with Crippen LogP contribution in [0.3, 0.4) is 0 Å². The predicted octanol–water partition coefficient (Wildman–Crippen LogP) is 4.06. The van der Waals surface area contributed by atoms with Crippen LogP contribution in [0.4, 0.5) is 0 Å². The molecule has 2 bridgehead atoms. The first-order valence-corrected chi connectivity index (χ1v) is 7.47. The van der Waals surface area contributed by atoms with Crippen molar-refractivity contribution in [3.05, 3.63) is 0 Å². The SMILES string of the molecule is CC1C2CCCC(C=O)C23CCC(C3)C1(C)C. The Hall–Kier alpha value is -0.330. The molecular weight excluding hydrogens is 208 g/mol. The van der Waals surface area contributed by atoms with Gasteiger partial charge in [-0.25, -0.2) is 0 Å². The highest BCUT2D eigenvalue weighted by Gasteiger charge is 2.61. The Labute approximate surface area is 105 Å². The summed E-state index contributed by atoms with van der Waals surface area (Å²) < 4.78 is 0. The van der Waals surface area contributed by atoms with Crippen LogP contribution in [-0.2, 0) is 4.79 Å². The number of aldehydes is 1. The lowest BCUT2D eigenvalue weighted by atomic mass is 9.47. The van der Waals surface area contributed by atoms with Crippen molar-refractivity contribution in [2.45, 2.75) is 59.3 Å². The van der Waals surface area contributed by atoms with Gasteiger partial charge in [-0.1, -0.05) is 27.2 Å². The molecule has 5 unspecified atom stereocenters. The zero-order chi connectivity index (χ0) is 12.3. The van der Waals surface area contributed by atoms with Crippen LogP contribution in [0.2, 0.25) is 0 Å². The van der Waals surface area contributed by atoms with Crippen LogP contribution >= 0.6 is 0 Å². The maximum atomic E-state index is 11.5. The molecule has 17 heavy (non-hydrogen) atoms. The average Bonchev–Trinajstić information content (AvgIpc) is 2.71. The van der Waals surface area contributed by atoms with Crippen LogP contribution in [0.25, 0.3) is 0 Å². The molecule has 0 aromatic rings. The van der Waals surface area contributed by atoms with E-state index in [1.54, 1.807) is 0 Å². The fourth-order valence-corrected chi connectivity index (χ4v) is 5.66. The highest BCUT2D eigenvalue weighted by Crippen LogP contribution is 2.68. The third-order valence-electron chi connectivity index (χ3n) is 7.09. The van der Waals surface area contributed by atoms with E-state index >= 15 is 0 Å². The fourth-order valence-electron chi connectivity index (χ4n) is 5.66. The molecule has 3 aliphatic rings. The normalized spacial score (nSPS) is 51.9. The molecule has 0 radical (unpaired) electrons. The second kappa shape index (κ2) is 3.59. The minimum absolute atomic E-state index is 0.379. The molecule has 0 heterocycles. The Bertz CT molecular complexity index is 332. The summed E-state index contributed by atoms with van der Waals surface area (Å²) in [6, 6.07) is 0. The van der Waals surface area contributed by atoms with Gasteiger partial charge >= 0.3 is 0 Å². The van der Waals surface area contributed by atoms with E-state index in [9.17, 15) is 4.79 Å². The predicted molar refractivity (Wildman–Crippen MR) is 69.6 cm³/mol. The second-order valence-corrected chi connectivity index (χ2v) is 7.56. The molecule has 0 saturated heterocycles. The lowest BCUT2D eigenvalue weighted by molar-refractivity contribution is -0.129. The minimum Gasteiger partial charge on any atom is -0.303 e. The number of rotatable bonds is 1. The van der Waals surface area contributed by atoms with Gasteiger partial charge in [0.1, 0.15) is 6.29 Å². The number of carbonyl (C=O) groups excluding carboxylic acids is 1. The number of carbonyl (C=O) groups is 1. The third kappa shape index (κ3) is 1.34. The van der Waals surface area contributed by atoms with Gasteiger partial charge in [0.05, 0.1) is 0 Å². The third-order valence-corrected chi connectivity index (χ3v) is 7.09. The van der Waals surface area contributed by atoms with E-state index in [4.69, 9.17) is 0 Å². The van der Waals surface area contributed by atoms with Gasteiger partial charge in [-0.2, -0.15) is 0 Å². The van der Waals surface area contributed by atoms with Gasteiger partial charge in [-0.15, -0.1) is 0 Å². The average molecular weight is 234 g/mol. The van der Waals surface area contributed by atoms with E-state index in [0.29, 0.717) is 16.7 Å². The molecule has 0 aromatic carbocycles. The summed E-state index contributed by atoms with van der Waals surface area (Å²) >= 11 is 0. The van der Waals surface area contributed by atoms with Gasteiger partial charge in [0, 0.05) is 5.92 Å². The molecule has 1 spiro atoms. The number of hydrogen-bond donors (Lipinski definition) is 0. The minimum atomic E-state index is 0.379. The highest BCUT2D eigenvalue weighted by molar-refractivity contribution is 5.56. The number of fused-ring (bicyclic) bond motifs is 1. The maximum absolute atomic E-state index is 11.5. The van der Waals surface area contributed by atoms with Crippen LogP contribution < -0.4 is 0 Å². The zero-order valence-electron chi connectivity index (χ0n) is 11.5. The van der Waals surface area contributed by atoms with E-state index in [0.717, 1.165) is 17.8 Å². The van der Waals surface area contributed by atoms with Crippen molar-refractivity contribution < 1.29 is 4.79 Å². The van der Waals surface area contributed by atoms with Crippen molar-refractivity contribution >= 4 is 6.29 Å². The van der Waals surface area contributed by atoms with E-state index in [-0.39, 0.29) is 0 Å². The van der Waals surface area contributed by atoms with E-state index in [2.05, 4.69) is 20.8 Å². The van der Waals surface area contributed by atoms with Crippen molar-refractivity contribution in [2.75, 3.05) is 0 Å². The van der Waals surface area contributed by atoms with Gasteiger partial charge in [0.15, 0.2) is 0 Å². The van der Waals surface area contributed by atoms with Gasteiger partial charge in [-0.05, 0) is 60.7 Å². The fraction of sp³-hybridized carbons (Fsp3) is 0.938. The van der Waals surface area contributed by atoms with Crippen molar-refractivity contribution in [3.63, 3.8) is 0 Å². The van der Waals surface area contributed by atoms with Crippen molar-refractivity contribution in [2.24, 2.45) is 34.5 Å². The molecule has 5 atom stereocenters. The molecule has 0 amide bonds. The first-order chi connectivity index (χ1) is 8.02. The molecule has 3 aliphatic carbocycles. The lowest BCUT2D eigenvalue weighted by Gasteiger charge is -2.57. The summed E-state index contributed by atoms with van der Waals surface area (Å²) in [5.74, 6) is 2.87. The Morgan fingerprint density at radius 1 is 1.18 bits per heavy atom. The largest absolute Gasteiger partial charge is 0.303 e. The summed E-state index contributed by atoms with van der Waals surface area (Å²) in [5, 5.41) is 0. The molecule has 96 valence electrons. The molecule has 3 fully saturated rings. The van der Waals surface area contributed by atoms with Crippen LogP contribution in [0.5, 0.6) is 0 Å². The summed E-state index contributed by atoms with van der Waals surface area (Å²) in [6.45, 7) is 7.41. The first-order valence-electron chi connectivity index (χ1n) is 7.47. The molecule has 0 N–H and O–H groups in total. The lowest BCUT2D eigenvalue weighted by Crippen LogP contribution is -2.51. The van der Waals surface area contributed by atoms with Crippen LogP contribution in [0.15, 0.2) is 0 Å². The summed E-state index contributed by atoms with van der Waals surface area (Å²) in [7, 11) is 0. The van der Waals surface area contributed by atoms with Crippen LogP contribution in [-0.4, -0.2) is 6.29 Å². The molecule has 1 heteroatoms. The Morgan fingerprint density at radius 3 is 2.65 bits per heavy atom. The Kier molecular flexibility index (Phi) is 2.48. The second-order valence-electron chi connectivity index (χ2n) is 7.56. The summed E-state index contributed by atoms with van der Waals surface area (Å²) in [6.07, 6.45) is 9.18. The first kappa shape index (κ1) is 11.7. The van der Waals surface area contributed by atoms with Crippen molar-refractivity contribution in [1.29, 1.82) is 0 Å². The van der Waals surface area contributed by atoms with Gasteiger partial charge in [0.2, 0.25) is 0 Å². The van der Waals surface area contributed by atoms with Crippen LogP contribution in [0, 0.1) is 34.5 Å². The van der Waals surface area contributed by atoms with E-state index < -0.39 is 0 Å². The van der Waals surface area contributed by atoms with Crippen LogP contribution in [0.1, 0.15) is 59.3 Å². The van der Waals surface area contributed by atoms with Crippen molar-refractivity contribution in [3.8, 4) is 0 Å². The summed E-state index contributed by atoms with van der Waals surface area (Å²) in [5.41, 5.74) is 0.912. The standard InChI is InChI=1S/C16H26O/c1-11-14-6-4-5-13(10-17)16(14)8-7-12(9-16)15(11,2)3/h10-14H,4-9H2,1-3H3. The van der Waals surface area contributed by atoms with E-state index in [1.807, 2.05) is 0 Å². The topological polar surface area (TPSA) is 17.1 Å². The Balaban J connectivity index is 2.02. The molecule has 0 aliphatic heterocycles. The monoisotopic (exact) mass is 234 g/mol. The van der Waals surface area contributed by atoms with Crippen molar-refractivity contribution in [1.82, 2.24) is 0 Å². The van der Waals surface area contributed by atoms with Gasteiger partial charge in [-0.3, -0.25) is 0 Å². The maximum Gasteiger partial charge on any atom is 0.123 e. The molecule has 1 nitrogen and oxygen atoms in total. The number of hydrogen-bond acceptors (Lipinski definition) is 1. The molecular formula is C16H26O.